The van der Waals surface area contributed by atoms with Crippen LogP contribution in [0.2, 0.25) is 0 Å². The second kappa shape index (κ2) is 60.1. The molecule has 0 saturated carbocycles. The van der Waals surface area contributed by atoms with Gasteiger partial charge in [0.1, 0.15) is 0 Å². The molecule has 2 atom stereocenters. The highest BCUT2D eigenvalue weighted by Crippen LogP contribution is 2.17. The SMILES string of the molecule is CCC/C=C\C/C=C\CCCCCCCC(=O)OCCCCC/C=C\C=C/CCCCCCCCCCCCC(=O)NC(CO)C(O)/C=C/CCCCCCCCCCCCCCCCCCCCCC. The van der Waals surface area contributed by atoms with Crippen LogP contribution in [0.5, 0.6) is 0 Å². The Kier molecular flexibility index (Phi) is 58.1. The molecule has 6 nitrogen and oxygen atoms in total. The minimum absolute atomic E-state index is 0.0299. The van der Waals surface area contributed by atoms with Crippen molar-refractivity contribution in [2.24, 2.45) is 0 Å². The van der Waals surface area contributed by atoms with Crippen molar-refractivity contribution in [3.63, 3.8) is 0 Å². The molecule has 0 aliphatic rings. The Labute approximate surface area is 441 Å². The van der Waals surface area contributed by atoms with Crippen LogP contribution >= 0.6 is 0 Å². The van der Waals surface area contributed by atoms with Gasteiger partial charge in [-0.1, -0.05) is 274 Å². The molecule has 0 fully saturated rings. The van der Waals surface area contributed by atoms with E-state index in [1.54, 1.807) is 6.08 Å². The predicted octanol–water partition coefficient (Wildman–Crippen LogP) is 19.5. The summed E-state index contributed by atoms with van der Waals surface area (Å²) in [6.45, 7) is 4.80. The summed E-state index contributed by atoms with van der Waals surface area (Å²) in [6.07, 6.45) is 78.3. The largest absolute Gasteiger partial charge is 0.466 e. The highest BCUT2D eigenvalue weighted by atomic mass is 16.5. The number of rotatable bonds is 57. The lowest BCUT2D eigenvalue weighted by molar-refractivity contribution is -0.143. The van der Waals surface area contributed by atoms with Gasteiger partial charge in [0.2, 0.25) is 5.91 Å². The molecular formula is C65H119NO5. The predicted molar refractivity (Wildman–Crippen MR) is 310 cm³/mol. The average Bonchev–Trinajstić information content (AvgIpc) is 3.37. The van der Waals surface area contributed by atoms with Crippen LogP contribution in [0.4, 0.5) is 0 Å². The van der Waals surface area contributed by atoms with E-state index >= 15 is 0 Å². The zero-order chi connectivity index (χ0) is 51.4. The fraction of sp³-hybridized carbons (Fsp3) is 0.815. The quantitative estimate of drug-likeness (QED) is 0.0244. The number of ether oxygens (including phenoxy) is 1. The van der Waals surface area contributed by atoms with Crippen molar-refractivity contribution in [3.8, 4) is 0 Å². The van der Waals surface area contributed by atoms with Gasteiger partial charge in [-0.2, -0.15) is 0 Å². The van der Waals surface area contributed by atoms with Crippen molar-refractivity contribution in [2.45, 2.75) is 328 Å². The molecule has 0 saturated heterocycles. The van der Waals surface area contributed by atoms with Crippen molar-refractivity contribution in [2.75, 3.05) is 13.2 Å². The van der Waals surface area contributed by atoms with E-state index < -0.39 is 12.1 Å². The zero-order valence-corrected chi connectivity index (χ0v) is 47.2. The van der Waals surface area contributed by atoms with Gasteiger partial charge in [-0.3, -0.25) is 9.59 Å². The molecule has 0 aromatic rings. The van der Waals surface area contributed by atoms with Crippen LogP contribution in [0.25, 0.3) is 0 Å². The van der Waals surface area contributed by atoms with E-state index in [1.165, 1.54) is 199 Å². The van der Waals surface area contributed by atoms with E-state index in [1.807, 2.05) is 6.08 Å². The maximum atomic E-state index is 12.5. The Morgan fingerprint density at radius 1 is 0.408 bits per heavy atom. The molecular weight excluding hydrogens is 875 g/mol. The fourth-order valence-corrected chi connectivity index (χ4v) is 9.25. The first-order valence-electron chi connectivity index (χ1n) is 31.1. The van der Waals surface area contributed by atoms with Gasteiger partial charge in [-0.25, -0.2) is 0 Å². The Hall–Kier alpha value is -2.44. The number of hydrogen-bond acceptors (Lipinski definition) is 5. The lowest BCUT2D eigenvalue weighted by Gasteiger charge is -2.20. The van der Waals surface area contributed by atoms with Crippen molar-refractivity contribution >= 4 is 11.9 Å². The van der Waals surface area contributed by atoms with E-state index in [4.69, 9.17) is 4.74 Å². The van der Waals surface area contributed by atoms with Gasteiger partial charge >= 0.3 is 5.97 Å². The lowest BCUT2D eigenvalue weighted by atomic mass is 10.0. The van der Waals surface area contributed by atoms with Crippen molar-refractivity contribution in [3.05, 3.63) is 60.8 Å². The van der Waals surface area contributed by atoms with Crippen LogP contribution in [0.15, 0.2) is 60.8 Å². The maximum Gasteiger partial charge on any atom is 0.305 e. The Morgan fingerprint density at radius 3 is 1.21 bits per heavy atom. The summed E-state index contributed by atoms with van der Waals surface area (Å²) < 4.78 is 5.44. The third-order valence-corrected chi connectivity index (χ3v) is 14.0. The smallest absolute Gasteiger partial charge is 0.305 e. The van der Waals surface area contributed by atoms with Gasteiger partial charge in [0, 0.05) is 12.8 Å². The number of hydrogen-bond donors (Lipinski definition) is 3. The van der Waals surface area contributed by atoms with Gasteiger partial charge in [-0.15, -0.1) is 0 Å². The lowest BCUT2D eigenvalue weighted by Crippen LogP contribution is -2.45. The summed E-state index contributed by atoms with van der Waals surface area (Å²) in [5, 5.41) is 23.2. The number of esters is 1. The highest BCUT2D eigenvalue weighted by molar-refractivity contribution is 5.76. The summed E-state index contributed by atoms with van der Waals surface area (Å²) >= 11 is 0. The standard InChI is InChI=1S/C65H119NO5/c1-3-5-7-9-11-13-15-17-18-19-20-21-22-24-27-30-34-37-41-45-49-53-57-63(68)62(61-67)66-64(69)58-54-50-46-42-38-35-31-28-25-23-26-29-32-36-40-44-48-52-56-60-71-65(70)59-55-51-47-43-39-33-16-14-12-10-8-6-4-2/h8,10,14,16,29,32,36,40,53,57,62-63,67-68H,3-7,9,11-13,15,17-28,30-31,33-35,37-39,41-52,54-56,58-61H2,1-2H3,(H,66,69)/b10-8-,16-14-,32-29-,40-36-,57-53+. The van der Waals surface area contributed by atoms with Gasteiger partial charge in [0.25, 0.3) is 0 Å². The first kappa shape index (κ1) is 68.6. The fourth-order valence-electron chi connectivity index (χ4n) is 9.25. The molecule has 6 heteroatoms. The molecule has 1 amide bonds. The molecule has 3 N–H and O–H groups in total. The van der Waals surface area contributed by atoms with Crippen LogP contribution < -0.4 is 5.32 Å². The van der Waals surface area contributed by atoms with Crippen LogP contribution in [0, 0.1) is 0 Å². The minimum Gasteiger partial charge on any atom is -0.466 e. The van der Waals surface area contributed by atoms with Crippen LogP contribution in [0.3, 0.4) is 0 Å². The minimum atomic E-state index is -0.854. The number of allylic oxidation sites excluding steroid dienone is 9. The number of carbonyl (C=O) groups excluding carboxylic acids is 2. The van der Waals surface area contributed by atoms with Crippen molar-refractivity contribution < 1.29 is 24.5 Å². The van der Waals surface area contributed by atoms with E-state index in [-0.39, 0.29) is 18.5 Å². The zero-order valence-electron chi connectivity index (χ0n) is 47.2. The molecule has 2 unspecified atom stereocenters. The van der Waals surface area contributed by atoms with E-state index in [0.29, 0.717) is 19.4 Å². The number of unbranched alkanes of at least 4 members (excludes halogenated alkanes) is 39. The second-order valence-electron chi connectivity index (χ2n) is 21.1. The van der Waals surface area contributed by atoms with E-state index in [0.717, 1.165) is 89.9 Å². The van der Waals surface area contributed by atoms with Crippen molar-refractivity contribution in [1.29, 1.82) is 0 Å². The molecule has 71 heavy (non-hydrogen) atoms. The van der Waals surface area contributed by atoms with Gasteiger partial charge in [0.15, 0.2) is 0 Å². The highest BCUT2D eigenvalue weighted by Gasteiger charge is 2.18. The molecule has 414 valence electrons. The summed E-state index contributed by atoms with van der Waals surface area (Å²) in [5.41, 5.74) is 0. The molecule has 0 aromatic carbocycles. The van der Waals surface area contributed by atoms with E-state index in [9.17, 15) is 19.8 Å². The van der Waals surface area contributed by atoms with Crippen LogP contribution in [0.1, 0.15) is 316 Å². The second-order valence-corrected chi connectivity index (χ2v) is 21.1. The van der Waals surface area contributed by atoms with Crippen molar-refractivity contribution in [1.82, 2.24) is 5.32 Å². The van der Waals surface area contributed by atoms with Gasteiger partial charge < -0.3 is 20.3 Å². The first-order chi connectivity index (χ1) is 35.0. The topological polar surface area (TPSA) is 95.9 Å². The Morgan fingerprint density at radius 2 is 0.775 bits per heavy atom. The molecule has 0 aromatic heterocycles. The molecule has 0 bridgehead atoms. The third kappa shape index (κ3) is 56.7. The number of amides is 1. The molecule has 0 rings (SSSR count). The summed E-state index contributed by atoms with van der Waals surface area (Å²) in [5.74, 6) is -0.107. The first-order valence-corrected chi connectivity index (χ1v) is 31.1. The molecule has 0 heterocycles. The number of aliphatic hydroxyl groups excluding tert-OH is 2. The monoisotopic (exact) mass is 994 g/mol. The number of nitrogens with one attached hydrogen (secondary N) is 1. The third-order valence-electron chi connectivity index (χ3n) is 14.0. The van der Waals surface area contributed by atoms with E-state index in [2.05, 4.69) is 67.8 Å². The Balaban J connectivity index is 3.52. The molecule has 0 radical (unpaired) electrons. The number of aliphatic hydroxyl groups is 2. The summed E-state index contributed by atoms with van der Waals surface area (Å²) in [7, 11) is 0. The van der Waals surface area contributed by atoms with Crippen LogP contribution in [-0.4, -0.2) is 47.4 Å². The van der Waals surface area contributed by atoms with Gasteiger partial charge in [-0.05, 0) is 89.9 Å². The van der Waals surface area contributed by atoms with Gasteiger partial charge in [0.05, 0.1) is 25.4 Å². The summed E-state index contributed by atoms with van der Waals surface area (Å²) in [6, 6.07) is -0.638. The summed E-state index contributed by atoms with van der Waals surface area (Å²) in [4.78, 5) is 24.5. The normalized spacial score (nSPS) is 13.0. The Bertz CT molecular complexity index is 1240. The molecule has 0 aliphatic heterocycles. The van der Waals surface area contributed by atoms with Crippen LogP contribution in [-0.2, 0) is 14.3 Å². The maximum absolute atomic E-state index is 12.5. The molecule has 0 spiro atoms. The average molecular weight is 995 g/mol. The molecule has 0 aliphatic carbocycles. The number of carbonyl (C=O) groups is 2.